The van der Waals surface area contributed by atoms with Crippen LogP contribution in [0.5, 0.6) is 0 Å². The largest absolute Gasteiger partial charge is 0.472 e. The second kappa shape index (κ2) is 42.5. The number of carbonyl (C=O) groups is 2. The quantitative estimate of drug-likeness (QED) is 0.0152. The fourth-order valence-electron chi connectivity index (χ4n) is 5.28. The van der Waals surface area contributed by atoms with E-state index in [4.69, 9.17) is 19.1 Å². The third kappa shape index (κ3) is 41.6. The first-order valence-electron chi connectivity index (χ1n) is 22.3. The first-order chi connectivity index (χ1) is 29.1. The minimum Gasteiger partial charge on any atom is -0.462 e. The Morgan fingerprint density at radius 2 is 1.07 bits per heavy atom. The number of phosphoric acid groups is 1. The summed E-state index contributed by atoms with van der Waals surface area (Å²) in [7, 11) is -4.66. The Bertz CT molecular complexity index is 1330. The fourth-order valence-corrected chi connectivity index (χ4v) is 6.07. The average molecular weight is 863 g/mol. The minimum atomic E-state index is -4.66. The molecule has 0 rings (SSSR count). The van der Waals surface area contributed by atoms with Crippen LogP contribution in [0.2, 0.25) is 0 Å². The number of aliphatic hydroxyl groups is 3. The van der Waals surface area contributed by atoms with Gasteiger partial charge in [0.15, 0.2) is 6.10 Å². The molecule has 0 aromatic carbocycles. The Balaban J connectivity index is 4.52. The number of esters is 2. The van der Waals surface area contributed by atoms with E-state index in [1.807, 2.05) is 36.5 Å². The van der Waals surface area contributed by atoms with E-state index in [0.717, 1.165) is 44.9 Å². The van der Waals surface area contributed by atoms with E-state index < -0.39 is 57.9 Å². The third-order valence-electron chi connectivity index (χ3n) is 8.79. The molecule has 12 heteroatoms. The normalized spacial score (nSPS) is 15.2. The molecule has 0 aromatic heterocycles. The lowest BCUT2D eigenvalue weighted by Gasteiger charge is -2.20. The van der Waals surface area contributed by atoms with Gasteiger partial charge >= 0.3 is 19.8 Å². The number of carbonyl (C=O) groups excluding carboxylic acids is 2. The Hall–Kier alpha value is -3.15. The van der Waals surface area contributed by atoms with Gasteiger partial charge in [0.05, 0.1) is 25.9 Å². The van der Waals surface area contributed by atoms with Crippen molar-refractivity contribution in [2.75, 3.05) is 26.4 Å². The molecule has 4 atom stereocenters. The maximum Gasteiger partial charge on any atom is 0.472 e. The van der Waals surface area contributed by atoms with Crippen LogP contribution in [0.15, 0.2) is 97.2 Å². The molecule has 0 fully saturated rings. The summed E-state index contributed by atoms with van der Waals surface area (Å²) in [6.07, 6.45) is 48.3. The number of rotatable bonds is 40. The highest BCUT2D eigenvalue weighted by Crippen LogP contribution is 2.43. The average Bonchev–Trinajstić information content (AvgIpc) is 3.23. The van der Waals surface area contributed by atoms with Gasteiger partial charge in [0.25, 0.3) is 0 Å². The molecule has 11 nitrogen and oxygen atoms in total. The van der Waals surface area contributed by atoms with Crippen LogP contribution in [-0.4, -0.2) is 76.9 Å². The van der Waals surface area contributed by atoms with Crippen LogP contribution in [0.1, 0.15) is 149 Å². The van der Waals surface area contributed by atoms with Gasteiger partial charge in [-0.2, -0.15) is 0 Å². The zero-order valence-electron chi connectivity index (χ0n) is 36.7. The number of unbranched alkanes of at least 4 members (excludes halogenated alkanes) is 10. The van der Waals surface area contributed by atoms with Gasteiger partial charge in [-0.25, -0.2) is 4.57 Å². The van der Waals surface area contributed by atoms with Crippen LogP contribution in [0.3, 0.4) is 0 Å². The number of hydrogen-bond acceptors (Lipinski definition) is 10. The summed E-state index contributed by atoms with van der Waals surface area (Å²) < 4.78 is 32.6. The van der Waals surface area contributed by atoms with Gasteiger partial charge in [0, 0.05) is 12.8 Å². The summed E-state index contributed by atoms with van der Waals surface area (Å²) in [6, 6.07) is 0. The lowest BCUT2D eigenvalue weighted by molar-refractivity contribution is -0.161. The van der Waals surface area contributed by atoms with Gasteiger partial charge in [-0.3, -0.25) is 18.6 Å². The van der Waals surface area contributed by atoms with Gasteiger partial charge < -0.3 is 29.7 Å². The second-order valence-corrected chi connectivity index (χ2v) is 16.0. The van der Waals surface area contributed by atoms with Crippen molar-refractivity contribution in [3.05, 3.63) is 97.2 Å². The molecule has 0 aromatic rings. The van der Waals surface area contributed by atoms with E-state index in [2.05, 4.69) is 73.1 Å². The molecule has 0 radical (unpaired) electrons. The Morgan fingerprint density at radius 3 is 1.65 bits per heavy atom. The highest BCUT2D eigenvalue weighted by molar-refractivity contribution is 7.47. The lowest BCUT2D eigenvalue weighted by atomic mass is 10.1. The van der Waals surface area contributed by atoms with Gasteiger partial charge in [0.1, 0.15) is 12.7 Å². The number of phosphoric ester groups is 1. The van der Waals surface area contributed by atoms with Gasteiger partial charge in [-0.1, -0.05) is 143 Å². The van der Waals surface area contributed by atoms with Gasteiger partial charge in [-0.05, 0) is 89.9 Å². The maximum absolute atomic E-state index is 12.6. The molecule has 0 saturated heterocycles. The van der Waals surface area contributed by atoms with E-state index in [1.165, 1.54) is 44.9 Å². The Labute approximate surface area is 362 Å². The first kappa shape index (κ1) is 56.9. The fraction of sp³-hybridized carbons (Fsp3) is 0.625. The van der Waals surface area contributed by atoms with Crippen molar-refractivity contribution < 1.29 is 52.9 Å². The summed E-state index contributed by atoms with van der Waals surface area (Å²) in [5, 5.41) is 28.4. The van der Waals surface area contributed by atoms with E-state index in [0.29, 0.717) is 32.1 Å². The molecule has 4 N–H and O–H groups in total. The van der Waals surface area contributed by atoms with Crippen molar-refractivity contribution in [2.24, 2.45) is 0 Å². The first-order valence-corrected chi connectivity index (χ1v) is 23.8. The summed E-state index contributed by atoms with van der Waals surface area (Å²) in [6.45, 7) is 2.11. The van der Waals surface area contributed by atoms with Crippen LogP contribution in [0, 0.1) is 0 Å². The molecule has 342 valence electrons. The predicted octanol–water partition coefficient (Wildman–Crippen LogP) is 11.0. The molecule has 0 amide bonds. The van der Waals surface area contributed by atoms with Crippen molar-refractivity contribution in [3.63, 3.8) is 0 Å². The molecule has 0 aliphatic carbocycles. The van der Waals surface area contributed by atoms with Gasteiger partial charge in [-0.15, -0.1) is 0 Å². The third-order valence-corrected chi connectivity index (χ3v) is 9.74. The van der Waals surface area contributed by atoms with Crippen molar-refractivity contribution in [1.29, 1.82) is 0 Å². The zero-order valence-corrected chi connectivity index (χ0v) is 37.6. The van der Waals surface area contributed by atoms with Crippen molar-refractivity contribution in [3.8, 4) is 0 Å². The van der Waals surface area contributed by atoms with Crippen molar-refractivity contribution in [1.82, 2.24) is 0 Å². The number of hydrogen-bond donors (Lipinski definition) is 4. The maximum atomic E-state index is 12.6. The van der Waals surface area contributed by atoms with Crippen molar-refractivity contribution in [2.45, 2.75) is 167 Å². The molecule has 1 unspecified atom stereocenters. The van der Waals surface area contributed by atoms with E-state index in [1.54, 1.807) is 6.08 Å². The molecule has 0 aliphatic rings. The highest BCUT2D eigenvalue weighted by Gasteiger charge is 2.27. The van der Waals surface area contributed by atoms with Crippen LogP contribution in [-0.2, 0) is 32.7 Å². The molecule has 0 saturated carbocycles. The van der Waals surface area contributed by atoms with E-state index in [9.17, 15) is 29.3 Å². The Kier molecular flexibility index (Phi) is 40.3. The highest BCUT2D eigenvalue weighted by atomic mass is 31.2. The summed E-state index contributed by atoms with van der Waals surface area (Å²) >= 11 is 0. The molecule has 0 bridgehead atoms. The zero-order chi connectivity index (χ0) is 44.2. The minimum absolute atomic E-state index is 0.0611. The smallest absolute Gasteiger partial charge is 0.462 e. The van der Waals surface area contributed by atoms with Crippen LogP contribution in [0.25, 0.3) is 0 Å². The number of aliphatic hydroxyl groups excluding tert-OH is 3. The molecule has 0 heterocycles. The van der Waals surface area contributed by atoms with Gasteiger partial charge in [0.2, 0.25) is 0 Å². The topological polar surface area (TPSA) is 169 Å². The second-order valence-electron chi connectivity index (χ2n) is 14.6. The Morgan fingerprint density at radius 1 is 0.567 bits per heavy atom. The van der Waals surface area contributed by atoms with Crippen LogP contribution in [0.4, 0.5) is 0 Å². The van der Waals surface area contributed by atoms with E-state index in [-0.39, 0.29) is 19.4 Å². The molecular formula is C48H79O11P. The number of ether oxygens (including phenoxy) is 2. The standard InChI is InChI=1S/C48H79O11P/c1-3-5-7-9-11-12-13-14-15-16-17-18-19-20-21-22-26-30-34-38-47(52)56-42-46(43-58-60(54,55)57-41-45(51)40-49)59-48(53)39-35-31-27-23-25-29-33-37-44(50)36-32-28-24-10-8-6-4-2/h11-12,14-15,17-18,20-21,23-24,27-29,32-33,36,44-46,49-51H,3-10,13,16,19,22,25-26,30-31,34-35,37-43H2,1-2H3,(H,54,55)/b12-11-,15-14-,18-17-,21-20-,27-23+,28-24-,33-29-,36-32-/t44-,45-,46+/m0/s1. The van der Waals surface area contributed by atoms with Crippen LogP contribution >= 0.6 is 7.82 Å². The molecule has 0 aliphatic heterocycles. The lowest BCUT2D eigenvalue weighted by Crippen LogP contribution is -2.29. The summed E-state index contributed by atoms with van der Waals surface area (Å²) in [5.74, 6) is -1.08. The SMILES string of the molecule is CCCCC/C=C\C=C/[C@H](O)C/C=C\C/C=C/CCCC(=O)O[C@H](COC(=O)CCCCC/C=C\C/C=C\C/C=C\C/C=C\CCCCC)COP(=O)(O)OC[C@@H](O)CO. The molecule has 60 heavy (non-hydrogen) atoms. The van der Waals surface area contributed by atoms with E-state index >= 15 is 0 Å². The monoisotopic (exact) mass is 863 g/mol. The summed E-state index contributed by atoms with van der Waals surface area (Å²) in [5.41, 5.74) is 0. The predicted molar refractivity (Wildman–Crippen MR) is 243 cm³/mol. The molecular weight excluding hydrogens is 783 g/mol. The van der Waals surface area contributed by atoms with Crippen molar-refractivity contribution >= 4 is 19.8 Å². The summed E-state index contributed by atoms with van der Waals surface area (Å²) in [4.78, 5) is 35.0. The molecule has 0 spiro atoms. The van der Waals surface area contributed by atoms with Crippen LogP contribution < -0.4 is 0 Å². The number of allylic oxidation sites excluding steroid dienone is 14.